The predicted molar refractivity (Wildman–Crippen MR) is 177 cm³/mol. The standard InChI is InChI=1S/C36H37F2N7O4/c1-35-15-21(16-39)18-44(19-35)32-26-17-40-30(29(38)31(26)41-33(42-32)49-20-36-8-3-10-45(36)11-4-9-36)25-14-23(46)13-22-6-7-27(37)24(28(22)25)5-2-12-48-34(47)43-35/h6-7,13-14,17,21,46H,2-5,8-12,15,18-20H2,1H3,(H,43,47). The van der Waals surface area contributed by atoms with Gasteiger partial charge in [-0.2, -0.15) is 15.2 Å². The van der Waals surface area contributed by atoms with Gasteiger partial charge in [-0.3, -0.25) is 9.88 Å². The third-order valence-corrected chi connectivity index (χ3v) is 10.7. The van der Waals surface area contributed by atoms with Crippen LogP contribution in [-0.2, 0) is 11.2 Å². The number of fused-ring (bicyclic) bond motifs is 7. The Morgan fingerprint density at radius 1 is 1.18 bits per heavy atom. The summed E-state index contributed by atoms with van der Waals surface area (Å²) in [5.74, 6) is -1.58. The first-order chi connectivity index (χ1) is 23.6. The molecule has 3 saturated heterocycles. The number of benzene rings is 2. The number of rotatable bonds is 3. The van der Waals surface area contributed by atoms with E-state index in [1.807, 2.05) is 11.8 Å². The number of aromatic nitrogens is 3. The van der Waals surface area contributed by atoms with E-state index in [1.54, 1.807) is 0 Å². The van der Waals surface area contributed by atoms with E-state index < -0.39 is 29.2 Å². The third kappa shape index (κ3) is 5.52. The van der Waals surface area contributed by atoms with Crippen LogP contribution in [0.3, 0.4) is 0 Å². The van der Waals surface area contributed by atoms with E-state index in [9.17, 15) is 15.2 Å². The number of phenols is 1. The molecule has 49 heavy (non-hydrogen) atoms. The van der Waals surface area contributed by atoms with Crippen LogP contribution < -0.4 is 15.0 Å². The van der Waals surface area contributed by atoms with Crippen molar-refractivity contribution in [2.45, 2.75) is 62.9 Å². The Kier molecular flexibility index (Phi) is 7.66. The van der Waals surface area contributed by atoms with Gasteiger partial charge in [-0.15, -0.1) is 0 Å². The van der Waals surface area contributed by atoms with Gasteiger partial charge in [0.2, 0.25) is 0 Å². The van der Waals surface area contributed by atoms with Gasteiger partial charge in [-0.25, -0.2) is 13.6 Å². The number of ether oxygens (including phenoxy) is 2. The Bertz CT molecular complexity index is 2030. The van der Waals surface area contributed by atoms with Crippen LogP contribution in [0.15, 0.2) is 30.5 Å². The quantitative estimate of drug-likeness (QED) is 0.283. The van der Waals surface area contributed by atoms with Crippen LogP contribution in [0.1, 0.15) is 51.0 Å². The number of nitrogens with zero attached hydrogens (tertiary/aromatic N) is 6. The summed E-state index contributed by atoms with van der Waals surface area (Å²) in [6.45, 7) is 4.73. The number of phenolic OH excluding ortho intramolecular Hbond substituents is 1. The highest BCUT2D eigenvalue weighted by molar-refractivity contribution is 6.01. The van der Waals surface area contributed by atoms with Crippen LogP contribution in [0.4, 0.5) is 19.4 Å². The topological polar surface area (TPSA) is 137 Å². The molecular formula is C36H37F2N7O4. The molecule has 254 valence electrons. The van der Waals surface area contributed by atoms with Crippen LogP contribution in [0.5, 0.6) is 11.8 Å². The number of nitriles is 1. The molecule has 6 bridgehead atoms. The van der Waals surface area contributed by atoms with E-state index in [0.29, 0.717) is 35.0 Å². The number of alkyl carbamates (subject to hydrolysis) is 1. The summed E-state index contributed by atoms with van der Waals surface area (Å²) in [4.78, 5) is 31.3. The van der Waals surface area contributed by atoms with E-state index in [0.717, 1.165) is 38.8 Å². The lowest BCUT2D eigenvalue weighted by atomic mass is 9.84. The maximum Gasteiger partial charge on any atom is 0.407 e. The fourth-order valence-corrected chi connectivity index (χ4v) is 8.57. The molecule has 5 aliphatic rings. The molecule has 9 rings (SSSR count). The summed E-state index contributed by atoms with van der Waals surface area (Å²) in [6.07, 6.45) is 5.79. The zero-order chi connectivity index (χ0) is 33.9. The molecule has 5 aliphatic heterocycles. The maximum atomic E-state index is 17.1. The first-order valence-electron chi connectivity index (χ1n) is 16.9. The molecule has 2 aromatic heterocycles. The van der Waals surface area contributed by atoms with Crippen molar-refractivity contribution in [2.24, 2.45) is 5.92 Å². The molecular weight excluding hydrogens is 632 g/mol. The average Bonchev–Trinajstić information content (AvgIpc) is 3.66. The highest BCUT2D eigenvalue weighted by Crippen LogP contribution is 2.42. The van der Waals surface area contributed by atoms with Crippen LogP contribution in [-0.4, -0.2) is 81.5 Å². The lowest BCUT2D eigenvalue weighted by Crippen LogP contribution is -2.59. The van der Waals surface area contributed by atoms with Gasteiger partial charge in [0.25, 0.3) is 0 Å². The zero-order valence-corrected chi connectivity index (χ0v) is 27.3. The Morgan fingerprint density at radius 2 is 2.00 bits per heavy atom. The number of aryl methyl sites for hydroxylation is 1. The van der Waals surface area contributed by atoms with Gasteiger partial charge in [0, 0.05) is 24.8 Å². The molecule has 0 saturated carbocycles. The molecule has 3 fully saturated rings. The van der Waals surface area contributed by atoms with Crippen molar-refractivity contribution in [1.82, 2.24) is 25.2 Å². The number of nitrogens with one attached hydrogen (secondary N) is 1. The van der Waals surface area contributed by atoms with Gasteiger partial charge in [-0.1, -0.05) is 6.07 Å². The maximum absolute atomic E-state index is 17.1. The normalized spacial score (nSPS) is 23.7. The van der Waals surface area contributed by atoms with Crippen molar-refractivity contribution in [2.75, 3.05) is 44.3 Å². The minimum Gasteiger partial charge on any atom is -0.508 e. The van der Waals surface area contributed by atoms with Crippen molar-refractivity contribution in [3.8, 4) is 29.1 Å². The summed E-state index contributed by atoms with van der Waals surface area (Å²) in [5.41, 5.74) is -0.680. The number of hydrogen-bond donors (Lipinski definition) is 2. The fraction of sp³-hybridized carbons (Fsp3) is 0.472. The number of carbonyl (C=O) groups is 1. The number of aromatic hydroxyl groups is 1. The molecule has 1 amide bonds. The van der Waals surface area contributed by atoms with Crippen LogP contribution in [0, 0.1) is 28.9 Å². The lowest BCUT2D eigenvalue weighted by Gasteiger charge is -2.43. The third-order valence-electron chi connectivity index (χ3n) is 10.7. The molecule has 2 aromatic carbocycles. The highest BCUT2D eigenvalue weighted by Gasteiger charge is 2.45. The molecule has 0 radical (unpaired) electrons. The van der Waals surface area contributed by atoms with Crippen LogP contribution >= 0.6 is 0 Å². The van der Waals surface area contributed by atoms with Gasteiger partial charge in [-0.05, 0) is 99.5 Å². The van der Waals surface area contributed by atoms with Gasteiger partial charge in [0.05, 0.1) is 35.1 Å². The highest BCUT2D eigenvalue weighted by atomic mass is 19.1. The van der Waals surface area contributed by atoms with Gasteiger partial charge < -0.3 is 24.8 Å². The Balaban J connectivity index is 1.34. The van der Waals surface area contributed by atoms with E-state index in [4.69, 9.17) is 14.5 Å². The summed E-state index contributed by atoms with van der Waals surface area (Å²) in [6, 6.07) is 8.04. The lowest BCUT2D eigenvalue weighted by molar-refractivity contribution is 0.107. The summed E-state index contributed by atoms with van der Waals surface area (Å²) in [7, 11) is 0. The van der Waals surface area contributed by atoms with Gasteiger partial charge >= 0.3 is 12.1 Å². The molecule has 2 N–H and O–H groups in total. The summed E-state index contributed by atoms with van der Waals surface area (Å²) < 4.78 is 44.4. The molecule has 11 nitrogen and oxygen atoms in total. The number of carbonyl (C=O) groups excluding carboxylic acids is 1. The molecule has 7 heterocycles. The Morgan fingerprint density at radius 3 is 2.80 bits per heavy atom. The zero-order valence-electron chi connectivity index (χ0n) is 27.3. The number of pyridine rings is 1. The molecule has 2 unspecified atom stereocenters. The first-order valence-corrected chi connectivity index (χ1v) is 16.9. The summed E-state index contributed by atoms with van der Waals surface area (Å²) in [5, 5.41) is 24.9. The number of anilines is 1. The molecule has 0 spiro atoms. The average molecular weight is 670 g/mol. The van der Waals surface area contributed by atoms with Gasteiger partial charge in [0.1, 0.15) is 35.2 Å². The van der Waals surface area contributed by atoms with E-state index in [2.05, 4.69) is 26.3 Å². The minimum absolute atomic E-state index is 0.00177. The van der Waals surface area contributed by atoms with Crippen molar-refractivity contribution in [3.05, 3.63) is 47.7 Å². The smallest absolute Gasteiger partial charge is 0.407 e. The van der Waals surface area contributed by atoms with E-state index >= 15 is 8.78 Å². The second-order valence-electron chi connectivity index (χ2n) is 14.2. The Labute approximate surface area is 281 Å². The van der Waals surface area contributed by atoms with Crippen molar-refractivity contribution < 1.29 is 28.2 Å². The van der Waals surface area contributed by atoms with Crippen molar-refractivity contribution >= 4 is 33.6 Å². The molecule has 13 heteroatoms. The van der Waals surface area contributed by atoms with E-state index in [-0.39, 0.29) is 72.2 Å². The minimum atomic E-state index is -0.896. The summed E-state index contributed by atoms with van der Waals surface area (Å²) >= 11 is 0. The predicted octanol–water partition coefficient (Wildman–Crippen LogP) is 5.62. The van der Waals surface area contributed by atoms with Crippen LogP contribution in [0.25, 0.3) is 32.9 Å². The first kappa shape index (κ1) is 31.4. The van der Waals surface area contributed by atoms with Gasteiger partial charge in [0.15, 0.2) is 5.82 Å². The molecule has 2 atom stereocenters. The SMILES string of the molecule is CC12CC(C#N)CN(C1)c1nc(OCC34CCCN3CCC4)nc3c(F)c(ncc13)-c1cc(O)cc3ccc(F)c(c13)CCCOC(=O)N2. The largest absolute Gasteiger partial charge is 0.508 e. The number of hydrogen-bond acceptors (Lipinski definition) is 10. The second kappa shape index (κ2) is 11.9. The number of piperidine rings is 1. The van der Waals surface area contributed by atoms with Crippen molar-refractivity contribution in [1.29, 1.82) is 5.26 Å². The number of amides is 1. The van der Waals surface area contributed by atoms with Crippen molar-refractivity contribution in [3.63, 3.8) is 0 Å². The molecule has 0 aliphatic carbocycles. The number of halogens is 2. The molecule has 4 aromatic rings. The van der Waals surface area contributed by atoms with Crippen LogP contribution in [0.2, 0.25) is 0 Å². The Hall–Kier alpha value is -4.83. The fourth-order valence-electron chi connectivity index (χ4n) is 8.57. The monoisotopic (exact) mass is 669 g/mol. The second-order valence-corrected chi connectivity index (χ2v) is 14.2. The van der Waals surface area contributed by atoms with E-state index in [1.165, 1.54) is 30.5 Å².